The third kappa shape index (κ3) is 9.05. The Bertz CT molecular complexity index is 652. The van der Waals surface area contributed by atoms with Crippen LogP contribution in [-0.2, 0) is 9.47 Å². The zero-order valence-corrected chi connectivity index (χ0v) is 20.3. The molecule has 30 heavy (non-hydrogen) atoms. The molecule has 1 amide bonds. The second kappa shape index (κ2) is 15.2. The number of aliphatic imine (C=N–C) groups is 1. The van der Waals surface area contributed by atoms with Gasteiger partial charge in [-0.1, -0.05) is 12.1 Å². The van der Waals surface area contributed by atoms with E-state index >= 15 is 0 Å². The van der Waals surface area contributed by atoms with Crippen molar-refractivity contribution in [2.24, 2.45) is 4.99 Å². The predicted octanol–water partition coefficient (Wildman–Crippen LogP) is 2.22. The second-order valence-corrected chi connectivity index (χ2v) is 6.91. The van der Waals surface area contributed by atoms with Crippen LogP contribution < -0.4 is 10.6 Å². The summed E-state index contributed by atoms with van der Waals surface area (Å²) < 4.78 is 11.0. The Kier molecular flexibility index (Phi) is 13.4. The largest absolute Gasteiger partial charge is 0.507 e. The highest BCUT2D eigenvalue weighted by atomic mass is 127. The fourth-order valence-electron chi connectivity index (χ4n) is 3.21. The van der Waals surface area contributed by atoms with E-state index in [1.807, 2.05) is 6.92 Å². The van der Waals surface area contributed by atoms with E-state index in [9.17, 15) is 9.90 Å². The van der Waals surface area contributed by atoms with Crippen LogP contribution in [-0.4, -0.2) is 81.0 Å². The number of phenols is 1. The number of ether oxygens (including phenoxy) is 2. The lowest BCUT2D eigenvalue weighted by molar-refractivity contribution is 0.00990. The minimum atomic E-state index is -0.297. The number of carbonyl (C=O) groups excluding carboxylic acids is 1. The van der Waals surface area contributed by atoms with Gasteiger partial charge in [-0.05, 0) is 38.3 Å². The van der Waals surface area contributed by atoms with Crippen molar-refractivity contribution in [2.45, 2.75) is 32.3 Å². The Morgan fingerprint density at radius 1 is 1.23 bits per heavy atom. The molecule has 170 valence electrons. The highest BCUT2D eigenvalue weighted by Crippen LogP contribution is 2.15. The van der Waals surface area contributed by atoms with Gasteiger partial charge >= 0.3 is 0 Å². The monoisotopic (exact) mass is 534 g/mol. The van der Waals surface area contributed by atoms with Crippen LogP contribution >= 0.6 is 24.0 Å². The van der Waals surface area contributed by atoms with E-state index in [4.69, 9.17) is 9.47 Å². The molecule has 0 aliphatic carbocycles. The number of phenolic OH excluding ortho intramolecular Hbond substituents is 1. The van der Waals surface area contributed by atoms with Crippen LogP contribution in [0, 0.1) is 0 Å². The average Bonchev–Trinajstić information content (AvgIpc) is 2.74. The number of nitrogens with zero attached hydrogens (tertiary/aromatic N) is 2. The SMILES string of the molecule is CCNC(=NCCNC(=O)c1ccccc1O)N1CCC(OCCCOC)CC1.I. The molecule has 1 heterocycles. The van der Waals surface area contributed by atoms with Gasteiger partial charge in [0.2, 0.25) is 0 Å². The van der Waals surface area contributed by atoms with Crippen molar-refractivity contribution in [1.29, 1.82) is 0 Å². The lowest BCUT2D eigenvalue weighted by Gasteiger charge is -2.34. The van der Waals surface area contributed by atoms with Gasteiger partial charge in [0.05, 0.1) is 18.2 Å². The van der Waals surface area contributed by atoms with Gasteiger partial charge in [0.25, 0.3) is 5.91 Å². The molecule has 1 aliphatic heterocycles. The number of amides is 1. The van der Waals surface area contributed by atoms with Crippen molar-refractivity contribution in [1.82, 2.24) is 15.5 Å². The summed E-state index contributed by atoms with van der Waals surface area (Å²) in [5.41, 5.74) is 0.274. The molecule has 1 fully saturated rings. The molecule has 1 aromatic carbocycles. The zero-order valence-electron chi connectivity index (χ0n) is 17.9. The molecule has 0 atom stereocenters. The number of rotatable bonds is 10. The van der Waals surface area contributed by atoms with Gasteiger partial charge in [0, 0.05) is 46.5 Å². The number of hydrogen-bond acceptors (Lipinski definition) is 5. The number of hydrogen-bond donors (Lipinski definition) is 3. The Morgan fingerprint density at radius 2 is 1.97 bits per heavy atom. The molecule has 9 heteroatoms. The number of para-hydroxylation sites is 1. The van der Waals surface area contributed by atoms with Crippen LogP contribution in [0.4, 0.5) is 0 Å². The van der Waals surface area contributed by atoms with E-state index in [1.54, 1.807) is 25.3 Å². The van der Waals surface area contributed by atoms with Crippen LogP contribution in [0.25, 0.3) is 0 Å². The van der Waals surface area contributed by atoms with E-state index in [-0.39, 0.29) is 41.2 Å². The summed E-state index contributed by atoms with van der Waals surface area (Å²) in [4.78, 5) is 19.0. The normalized spacial score (nSPS) is 14.9. The topological polar surface area (TPSA) is 95.4 Å². The minimum Gasteiger partial charge on any atom is -0.507 e. The maximum atomic E-state index is 12.1. The van der Waals surface area contributed by atoms with Crippen molar-refractivity contribution < 1.29 is 19.4 Å². The van der Waals surface area contributed by atoms with E-state index in [1.165, 1.54) is 6.07 Å². The van der Waals surface area contributed by atoms with Gasteiger partial charge < -0.3 is 30.1 Å². The van der Waals surface area contributed by atoms with Crippen molar-refractivity contribution in [2.75, 3.05) is 53.0 Å². The van der Waals surface area contributed by atoms with E-state index in [2.05, 4.69) is 20.5 Å². The quantitative estimate of drug-likeness (QED) is 0.185. The molecule has 0 bridgehead atoms. The fourth-order valence-corrected chi connectivity index (χ4v) is 3.21. The van der Waals surface area contributed by atoms with Crippen molar-refractivity contribution in [3.8, 4) is 5.75 Å². The molecule has 0 spiro atoms. The summed E-state index contributed by atoms with van der Waals surface area (Å²) in [7, 11) is 1.71. The third-order valence-corrected chi connectivity index (χ3v) is 4.73. The first-order valence-corrected chi connectivity index (χ1v) is 10.4. The lowest BCUT2D eigenvalue weighted by atomic mass is 10.1. The van der Waals surface area contributed by atoms with Crippen molar-refractivity contribution in [3.63, 3.8) is 0 Å². The van der Waals surface area contributed by atoms with Crippen LogP contribution in [0.3, 0.4) is 0 Å². The molecule has 1 saturated heterocycles. The molecule has 0 unspecified atom stereocenters. The van der Waals surface area contributed by atoms with E-state index in [0.29, 0.717) is 19.2 Å². The Labute approximate surface area is 196 Å². The first kappa shape index (κ1) is 26.4. The van der Waals surface area contributed by atoms with Crippen LogP contribution in [0.2, 0.25) is 0 Å². The molecular weight excluding hydrogens is 499 g/mol. The summed E-state index contributed by atoms with van der Waals surface area (Å²) in [6, 6.07) is 6.51. The first-order chi connectivity index (χ1) is 14.2. The van der Waals surface area contributed by atoms with E-state index < -0.39 is 0 Å². The molecule has 1 aromatic rings. The highest BCUT2D eigenvalue weighted by Gasteiger charge is 2.21. The fraction of sp³-hybridized carbons (Fsp3) is 0.619. The van der Waals surface area contributed by atoms with Gasteiger partial charge in [0.1, 0.15) is 5.75 Å². The molecule has 8 nitrogen and oxygen atoms in total. The zero-order chi connectivity index (χ0) is 20.9. The number of carbonyl (C=O) groups is 1. The summed E-state index contributed by atoms with van der Waals surface area (Å²) in [6.45, 7) is 6.96. The van der Waals surface area contributed by atoms with Gasteiger partial charge in [-0.3, -0.25) is 9.79 Å². The standard InChI is InChI=1S/C21H34N4O4.HI/c1-3-22-21(25-13-9-17(10-14-25)29-16-6-15-28-2)24-12-11-23-20(27)18-7-4-5-8-19(18)26;/h4-5,7-8,17,26H,3,6,9-16H2,1-2H3,(H,22,24)(H,23,27);1H. The number of methoxy groups -OCH3 is 1. The number of nitrogens with one attached hydrogen (secondary N) is 2. The minimum absolute atomic E-state index is 0. The summed E-state index contributed by atoms with van der Waals surface area (Å²) in [6.07, 6.45) is 3.17. The third-order valence-electron chi connectivity index (χ3n) is 4.73. The summed E-state index contributed by atoms with van der Waals surface area (Å²) in [5.74, 6) is 0.547. The number of likely N-dealkylation sites (tertiary alicyclic amines) is 1. The number of piperidine rings is 1. The summed E-state index contributed by atoms with van der Waals surface area (Å²) >= 11 is 0. The molecule has 0 radical (unpaired) electrons. The van der Waals surface area contributed by atoms with Crippen LogP contribution in [0.5, 0.6) is 5.75 Å². The van der Waals surface area contributed by atoms with Crippen LogP contribution in [0.1, 0.15) is 36.5 Å². The van der Waals surface area contributed by atoms with Gasteiger partial charge in [-0.25, -0.2) is 0 Å². The molecule has 1 aliphatic rings. The maximum Gasteiger partial charge on any atom is 0.255 e. The Morgan fingerprint density at radius 3 is 2.63 bits per heavy atom. The molecular formula is C21H35IN4O4. The lowest BCUT2D eigenvalue weighted by Crippen LogP contribution is -2.47. The van der Waals surface area contributed by atoms with Gasteiger partial charge in [-0.15, -0.1) is 24.0 Å². The van der Waals surface area contributed by atoms with Crippen molar-refractivity contribution in [3.05, 3.63) is 29.8 Å². The first-order valence-electron chi connectivity index (χ1n) is 10.4. The predicted molar refractivity (Wildman–Crippen MR) is 129 cm³/mol. The number of benzene rings is 1. The Balaban J connectivity index is 0.00000450. The molecule has 0 saturated carbocycles. The van der Waals surface area contributed by atoms with Crippen LogP contribution in [0.15, 0.2) is 29.3 Å². The van der Waals surface area contributed by atoms with Crippen molar-refractivity contribution >= 4 is 35.8 Å². The molecule has 3 N–H and O–H groups in total. The van der Waals surface area contributed by atoms with Gasteiger partial charge in [0.15, 0.2) is 5.96 Å². The second-order valence-electron chi connectivity index (χ2n) is 6.91. The smallest absolute Gasteiger partial charge is 0.255 e. The number of guanidine groups is 1. The maximum absolute atomic E-state index is 12.1. The van der Waals surface area contributed by atoms with Gasteiger partial charge in [-0.2, -0.15) is 0 Å². The number of halogens is 1. The summed E-state index contributed by atoms with van der Waals surface area (Å²) in [5, 5.41) is 15.9. The Hall–Kier alpha value is -1.59. The molecule has 2 rings (SSSR count). The average molecular weight is 534 g/mol. The van der Waals surface area contributed by atoms with E-state index in [0.717, 1.165) is 58.1 Å². The molecule has 0 aromatic heterocycles. The highest BCUT2D eigenvalue weighted by molar-refractivity contribution is 14.0. The number of aromatic hydroxyl groups is 1.